The van der Waals surface area contributed by atoms with Gasteiger partial charge in [-0.25, -0.2) is 4.39 Å². The van der Waals surface area contributed by atoms with E-state index in [4.69, 9.17) is 0 Å². The van der Waals surface area contributed by atoms with Gasteiger partial charge < -0.3 is 5.32 Å². The van der Waals surface area contributed by atoms with Gasteiger partial charge in [0.25, 0.3) is 0 Å². The zero-order valence-electron chi connectivity index (χ0n) is 7.68. The molecule has 0 saturated carbocycles. The Hall–Kier alpha value is -1.38. The van der Waals surface area contributed by atoms with Crippen molar-refractivity contribution in [2.75, 3.05) is 11.9 Å². The van der Waals surface area contributed by atoms with Crippen LogP contribution in [0.3, 0.4) is 0 Å². The number of aliphatic imine (C=N–C) groups is 1. The van der Waals surface area contributed by atoms with E-state index in [1.165, 1.54) is 6.07 Å². The fourth-order valence-electron chi connectivity index (χ4n) is 1.08. The predicted octanol–water partition coefficient (Wildman–Crippen LogP) is 2.98. The number of hydrogen-bond acceptors (Lipinski definition) is 2. The molecule has 1 N–H and O–H groups in total. The molecular formula is C10H13FN2. The Balaban J connectivity index is 2.91. The van der Waals surface area contributed by atoms with Crippen molar-refractivity contribution < 1.29 is 4.39 Å². The molecule has 0 bridgehead atoms. The number of para-hydroxylation sites is 1. The van der Waals surface area contributed by atoms with Crippen LogP contribution in [0.15, 0.2) is 23.2 Å². The van der Waals surface area contributed by atoms with Gasteiger partial charge >= 0.3 is 0 Å². The van der Waals surface area contributed by atoms with Crippen LogP contribution in [0.25, 0.3) is 0 Å². The Labute approximate surface area is 77.5 Å². The number of nitrogens with zero attached hydrogens (tertiary/aromatic N) is 1. The molecule has 0 spiro atoms. The first-order chi connectivity index (χ1) is 6.29. The van der Waals surface area contributed by atoms with Crippen LogP contribution < -0.4 is 5.32 Å². The van der Waals surface area contributed by atoms with Crippen LogP contribution in [0.5, 0.6) is 0 Å². The third-order valence-corrected chi connectivity index (χ3v) is 1.71. The Morgan fingerprint density at radius 1 is 1.54 bits per heavy atom. The molecule has 1 aromatic rings. The minimum atomic E-state index is -0.337. The Morgan fingerprint density at radius 2 is 2.31 bits per heavy atom. The maximum atomic E-state index is 13.1. The van der Waals surface area contributed by atoms with E-state index >= 15 is 0 Å². The average molecular weight is 180 g/mol. The first-order valence-electron chi connectivity index (χ1n) is 4.28. The lowest BCUT2D eigenvalue weighted by atomic mass is 10.2. The van der Waals surface area contributed by atoms with Gasteiger partial charge in [0.15, 0.2) is 5.82 Å². The Kier molecular flexibility index (Phi) is 3.43. The molecule has 70 valence electrons. The molecule has 0 aliphatic heterocycles. The molecule has 0 fully saturated rings. The van der Waals surface area contributed by atoms with E-state index in [9.17, 15) is 4.39 Å². The van der Waals surface area contributed by atoms with Gasteiger partial charge in [0.1, 0.15) is 5.69 Å². The molecule has 13 heavy (non-hydrogen) atoms. The summed E-state index contributed by atoms with van der Waals surface area (Å²) in [7, 11) is 0. The number of hydrogen-bond donors (Lipinski definition) is 1. The summed E-state index contributed by atoms with van der Waals surface area (Å²) < 4.78 is 13.1. The molecule has 1 aromatic carbocycles. The van der Waals surface area contributed by atoms with E-state index in [0.29, 0.717) is 11.4 Å². The van der Waals surface area contributed by atoms with Crippen molar-refractivity contribution in [3.05, 3.63) is 24.0 Å². The van der Waals surface area contributed by atoms with E-state index < -0.39 is 0 Å². The van der Waals surface area contributed by atoms with Crippen LogP contribution in [-0.2, 0) is 0 Å². The second kappa shape index (κ2) is 4.60. The number of nitrogens with one attached hydrogen (secondary N) is 1. The summed E-state index contributed by atoms with van der Waals surface area (Å²) >= 11 is 0. The number of halogens is 1. The number of rotatable bonds is 4. The average Bonchev–Trinajstić information content (AvgIpc) is 2.15. The SMILES string of the molecule is C=Nc1c(F)cccc1NCCC. The first-order valence-corrected chi connectivity index (χ1v) is 4.28. The van der Waals surface area contributed by atoms with Crippen molar-refractivity contribution in [3.8, 4) is 0 Å². The van der Waals surface area contributed by atoms with Crippen molar-refractivity contribution in [2.24, 2.45) is 4.99 Å². The predicted molar refractivity (Wildman–Crippen MR) is 54.4 cm³/mol. The summed E-state index contributed by atoms with van der Waals surface area (Å²) in [5.41, 5.74) is 1.01. The van der Waals surface area contributed by atoms with Crippen LogP contribution in [0.2, 0.25) is 0 Å². The van der Waals surface area contributed by atoms with E-state index in [1.54, 1.807) is 12.1 Å². The molecule has 2 nitrogen and oxygen atoms in total. The molecule has 0 radical (unpaired) electrons. The second-order valence-electron chi connectivity index (χ2n) is 2.72. The zero-order valence-corrected chi connectivity index (χ0v) is 7.68. The molecule has 0 aromatic heterocycles. The normalized spacial score (nSPS) is 9.69. The quantitative estimate of drug-likeness (QED) is 0.708. The van der Waals surface area contributed by atoms with Crippen molar-refractivity contribution in [3.63, 3.8) is 0 Å². The summed E-state index contributed by atoms with van der Waals surface area (Å²) in [6, 6.07) is 4.83. The molecule has 0 saturated heterocycles. The van der Waals surface area contributed by atoms with Gasteiger partial charge in [0.2, 0.25) is 0 Å². The third kappa shape index (κ3) is 2.28. The van der Waals surface area contributed by atoms with Gasteiger partial charge in [-0.2, -0.15) is 0 Å². The summed E-state index contributed by atoms with van der Waals surface area (Å²) in [6.07, 6.45) is 0.993. The smallest absolute Gasteiger partial charge is 0.150 e. The fourth-order valence-corrected chi connectivity index (χ4v) is 1.08. The van der Waals surface area contributed by atoms with E-state index in [2.05, 4.69) is 17.0 Å². The second-order valence-corrected chi connectivity index (χ2v) is 2.72. The maximum Gasteiger partial charge on any atom is 0.150 e. The summed E-state index contributed by atoms with van der Waals surface area (Å²) in [4.78, 5) is 3.64. The molecular weight excluding hydrogens is 167 g/mol. The van der Waals surface area contributed by atoms with E-state index in [-0.39, 0.29) is 5.82 Å². The lowest BCUT2D eigenvalue weighted by Crippen LogP contribution is -2.00. The molecule has 0 aliphatic rings. The first kappa shape index (κ1) is 9.71. The third-order valence-electron chi connectivity index (χ3n) is 1.71. The van der Waals surface area contributed by atoms with Crippen LogP contribution in [-0.4, -0.2) is 13.3 Å². The van der Waals surface area contributed by atoms with E-state index in [0.717, 1.165) is 13.0 Å². The summed E-state index contributed by atoms with van der Waals surface area (Å²) in [6.45, 7) is 6.19. The minimum Gasteiger partial charge on any atom is -0.383 e. The van der Waals surface area contributed by atoms with Crippen LogP contribution >= 0.6 is 0 Å². The largest absolute Gasteiger partial charge is 0.383 e. The van der Waals surface area contributed by atoms with Crippen molar-refractivity contribution in [1.29, 1.82) is 0 Å². The minimum absolute atomic E-state index is 0.302. The van der Waals surface area contributed by atoms with Crippen LogP contribution in [0.1, 0.15) is 13.3 Å². The van der Waals surface area contributed by atoms with Crippen molar-refractivity contribution in [1.82, 2.24) is 0 Å². The Morgan fingerprint density at radius 3 is 2.92 bits per heavy atom. The van der Waals surface area contributed by atoms with Crippen LogP contribution in [0.4, 0.5) is 15.8 Å². The summed E-state index contributed by atoms with van der Waals surface area (Å²) in [5.74, 6) is -0.337. The lowest BCUT2D eigenvalue weighted by Gasteiger charge is -2.07. The molecule has 3 heteroatoms. The zero-order chi connectivity index (χ0) is 9.68. The van der Waals surface area contributed by atoms with Gasteiger partial charge in [0, 0.05) is 6.54 Å². The Bertz CT molecular complexity index is 297. The lowest BCUT2D eigenvalue weighted by molar-refractivity contribution is 0.630. The molecule has 0 aliphatic carbocycles. The fraction of sp³-hybridized carbons (Fsp3) is 0.300. The highest BCUT2D eigenvalue weighted by Gasteiger charge is 2.04. The molecule has 1 rings (SSSR count). The maximum absolute atomic E-state index is 13.1. The monoisotopic (exact) mass is 180 g/mol. The van der Waals surface area contributed by atoms with Crippen molar-refractivity contribution >= 4 is 18.1 Å². The molecule has 0 amide bonds. The van der Waals surface area contributed by atoms with Gasteiger partial charge in [-0.15, -0.1) is 0 Å². The van der Waals surface area contributed by atoms with Gasteiger partial charge in [-0.1, -0.05) is 13.0 Å². The van der Waals surface area contributed by atoms with Crippen LogP contribution in [0, 0.1) is 5.82 Å². The van der Waals surface area contributed by atoms with Gasteiger partial charge in [-0.05, 0) is 25.3 Å². The standard InChI is InChI=1S/C10H13FN2/c1-3-7-13-9-6-4-5-8(11)10(9)12-2/h4-6,13H,2-3,7H2,1H3. The highest BCUT2D eigenvalue weighted by atomic mass is 19.1. The number of benzene rings is 1. The highest BCUT2D eigenvalue weighted by Crippen LogP contribution is 2.27. The topological polar surface area (TPSA) is 24.4 Å². The molecule has 0 heterocycles. The summed E-state index contributed by atoms with van der Waals surface area (Å²) in [5, 5.41) is 3.08. The molecule has 0 atom stereocenters. The van der Waals surface area contributed by atoms with Gasteiger partial charge in [0.05, 0.1) is 5.69 Å². The van der Waals surface area contributed by atoms with Crippen molar-refractivity contribution in [2.45, 2.75) is 13.3 Å². The molecule has 0 unspecified atom stereocenters. The van der Waals surface area contributed by atoms with E-state index in [1.807, 2.05) is 6.92 Å². The number of anilines is 1. The highest BCUT2D eigenvalue weighted by molar-refractivity contribution is 5.68. The van der Waals surface area contributed by atoms with Gasteiger partial charge in [-0.3, -0.25) is 4.99 Å².